The highest BCUT2D eigenvalue weighted by atomic mass is 16.5. The van der Waals surface area contributed by atoms with Crippen molar-refractivity contribution in [2.45, 2.75) is 20.4 Å². The molecule has 0 bridgehead atoms. The molecular weight excluding hydrogens is 448 g/mol. The Kier molecular flexibility index (Phi) is 6.91. The monoisotopic (exact) mass is 472 g/mol. The number of rotatable bonds is 8. The van der Waals surface area contributed by atoms with E-state index in [2.05, 4.69) is 5.32 Å². The minimum Gasteiger partial charge on any atom is -0.494 e. The zero-order chi connectivity index (χ0) is 24.9. The van der Waals surface area contributed by atoms with E-state index in [1.54, 1.807) is 24.3 Å². The summed E-state index contributed by atoms with van der Waals surface area (Å²) >= 11 is 0. The summed E-state index contributed by atoms with van der Waals surface area (Å²) < 4.78 is 10.5. The van der Waals surface area contributed by atoms with Crippen LogP contribution in [0, 0.1) is 6.92 Å². The van der Waals surface area contributed by atoms with Gasteiger partial charge in [-0.3, -0.25) is 14.4 Å². The third kappa shape index (κ3) is 5.06. The second kappa shape index (κ2) is 10.2. The van der Waals surface area contributed by atoms with Gasteiger partial charge in [-0.1, -0.05) is 24.3 Å². The van der Waals surface area contributed by atoms with Gasteiger partial charge in [-0.2, -0.15) is 0 Å². The van der Waals surface area contributed by atoms with Crippen molar-refractivity contribution >= 4 is 29.4 Å². The molecule has 35 heavy (non-hydrogen) atoms. The first-order chi connectivity index (χ1) is 16.9. The number of carbonyl (C=O) groups excluding carboxylic acids is 4. The maximum absolute atomic E-state index is 13.0. The lowest BCUT2D eigenvalue weighted by molar-refractivity contribution is -0.124. The highest BCUT2D eigenvalue weighted by Crippen LogP contribution is 2.30. The topological polar surface area (TPSA) is 102 Å². The van der Waals surface area contributed by atoms with Crippen LogP contribution in [0.15, 0.2) is 66.7 Å². The van der Waals surface area contributed by atoms with Gasteiger partial charge in [0, 0.05) is 6.54 Å². The largest absolute Gasteiger partial charge is 0.494 e. The van der Waals surface area contributed by atoms with Crippen LogP contribution in [0.5, 0.6) is 5.75 Å². The zero-order valence-corrected chi connectivity index (χ0v) is 19.4. The molecule has 1 aliphatic heterocycles. The normalized spacial score (nSPS) is 12.3. The Morgan fingerprint density at radius 3 is 2.34 bits per heavy atom. The highest BCUT2D eigenvalue weighted by molar-refractivity contribution is 6.34. The molecule has 8 nitrogen and oxygen atoms in total. The van der Waals surface area contributed by atoms with Gasteiger partial charge in [-0.15, -0.1) is 0 Å². The third-order valence-corrected chi connectivity index (χ3v) is 5.60. The number of carbonyl (C=O) groups is 4. The fourth-order valence-corrected chi connectivity index (χ4v) is 3.73. The Morgan fingerprint density at radius 1 is 0.914 bits per heavy atom. The minimum atomic E-state index is -0.765. The summed E-state index contributed by atoms with van der Waals surface area (Å²) in [6, 6.07) is 18.4. The van der Waals surface area contributed by atoms with Gasteiger partial charge in [0.25, 0.3) is 17.7 Å². The van der Waals surface area contributed by atoms with Crippen LogP contribution in [0.4, 0.5) is 5.69 Å². The van der Waals surface area contributed by atoms with Crippen molar-refractivity contribution in [1.29, 1.82) is 0 Å². The average Bonchev–Trinajstić information content (AvgIpc) is 3.12. The van der Waals surface area contributed by atoms with Gasteiger partial charge < -0.3 is 14.8 Å². The lowest BCUT2D eigenvalue weighted by Crippen LogP contribution is -2.29. The molecule has 0 radical (unpaired) electrons. The van der Waals surface area contributed by atoms with Gasteiger partial charge in [0.2, 0.25) is 0 Å². The molecule has 1 N–H and O–H groups in total. The predicted octanol–water partition coefficient (Wildman–Crippen LogP) is 3.67. The molecular formula is C27H24N2O6. The Labute approximate surface area is 202 Å². The first kappa shape index (κ1) is 23.7. The van der Waals surface area contributed by atoms with E-state index in [1.807, 2.05) is 38.1 Å². The Hall–Kier alpha value is -4.46. The first-order valence-corrected chi connectivity index (χ1v) is 11.1. The fourth-order valence-electron chi connectivity index (χ4n) is 3.73. The van der Waals surface area contributed by atoms with Crippen LogP contribution < -0.4 is 15.0 Å². The van der Waals surface area contributed by atoms with Crippen molar-refractivity contribution in [3.8, 4) is 5.75 Å². The Morgan fingerprint density at radius 2 is 1.63 bits per heavy atom. The summed E-state index contributed by atoms with van der Waals surface area (Å²) in [5.74, 6) is -1.61. The number of hydrogen-bond acceptors (Lipinski definition) is 6. The fraction of sp³-hybridized carbons (Fsp3) is 0.185. The SMILES string of the molecule is CCOc1ccc(N2C(=O)c3ccc(C(=O)OCC(=O)NCc4ccccc4C)cc3C2=O)cc1. The van der Waals surface area contributed by atoms with Crippen LogP contribution in [0.2, 0.25) is 0 Å². The molecule has 1 heterocycles. The number of esters is 1. The molecule has 0 spiro atoms. The van der Waals surface area contributed by atoms with Crippen LogP contribution in [0.3, 0.4) is 0 Å². The van der Waals surface area contributed by atoms with Crippen molar-refractivity contribution in [2.24, 2.45) is 0 Å². The van der Waals surface area contributed by atoms with Gasteiger partial charge in [0.15, 0.2) is 6.61 Å². The van der Waals surface area contributed by atoms with E-state index in [-0.39, 0.29) is 16.7 Å². The average molecular weight is 472 g/mol. The Balaban J connectivity index is 1.39. The molecule has 0 saturated carbocycles. The molecule has 3 aromatic rings. The molecule has 1 aliphatic rings. The van der Waals surface area contributed by atoms with Crippen LogP contribution in [-0.2, 0) is 16.1 Å². The van der Waals surface area contributed by atoms with Crippen molar-refractivity contribution in [2.75, 3.05) is 18.1 Å². The molecule has 3 aromatic carbocycles. The van der Waals surface area contributed by atoms with Gasteiger partial charge in [0.05, 0.1) is 29.0 Å². The molecule has 0 aromatic heterocycles. The molecule has 0 saturated heterocycles. The number of aryl methyl sites for hydroxylation is 1. The van der Waals surface area contributed by atoms with Crippen LogP contribution in [0.25, 0.3) is 0 Å². The summed E-state index contributed by atoms with van der Waals surface area (Å²) in [4.78, 5) is 51.4. The van der Waals surface area contributed by atoms with Crippen LogP contribution in [0.1, 0.15) is 49.1 Å². The molecule has 8 heteroatoms. The number of nitrogens with zero attached hydrogens (tertiary/aromatic N) is 1. The number of ether oxygens (including phenoxy) is 2. The van der Waals surface area contributed by atoms with E-state index in [0.29, 0.717) is 24.6 Å². The number of anilines is 1. The van der Waals surface area contributed by atoms with E-state index >= 15 is 0 Å². The van der Waals surface area contributed by atoms with Crippen LogP contribution >= 0.6 is 0 Å². The molecule has 0 unspecified atom stereocenters. The summed E-state index contributed by atoms with van der Waals surface area (Å²) in [5.41, 5.74) is 2.77. The second-order valence-corrected chi connectivity index (χ2v) is 7.91. The minimum absolute atomic E-state index is 0.0742. The quantitative estimate of drug-likeness (QED) is 0.397. The van der Waals surface area contributed by atoms with E-state index in [9.17, 15) is 19.2 Å². The summed E-state index contributed by atoms with van der Waals surface area (Å²) in [7, 11) is 0. The van der Waals surface area contributed by atoms with E-state index < -0.39 is 30.3 Å². The second-order valence-electron chi connectivity index (χ2n) is 7.91. The predicted molar refractivity (Wildman–Crippen MR) is 129 cm³/mol. The lowest BCUT2D eigenvalue weighted by atomic mass is 10.1. The smallest absolute Gasteiger partial charge is 0.338 e. The number of nitrogens with one attached hydrogen (secondary N) is 1. The maximum atomic E-state index is 13.0. The van der Waals surface area contributed by atoms with Crippen molar-refractivity contribution in [1.82, 2.24) is 5.32 Å². The number of fused-ring (bicyclic) bond motifs is 1. The summed E-state index contributed by atoms with van der Waals surface area (Å²) in [6.07, 6.45) is 0. The third-order valence-electron chi connectivity index (χ3n) is 5.60. The van der Waals surface area contributed by atoms with Gasteiger partial charge in [0.1, 0.15) is 5.75 Å². The van der Waals surface area contributed by atoms with E-state index in [0.717, 1.165) is 16.0 Å². The van der Waals surface area contributed by atoms with Crippen molar-refractivity contribution < 1.29 is 28.7 Å². The number of amides is 3. The van der Waals surface area contributed by atoms with E-state index in [1.165, 1.54) is 18.2 Å². The van der Waals surface area contributed by atoms with Crippen molar-refractivity contribution in [3.63, 3.8) is 0 Å². The maximum Gasteiger partial charge on any atom is 0.338 e. The number of imide groups is 1. The number of benzene rings is 3. The molecule has 0 atom stereocenters. The summed E-state index contributed by atoms with van der Waals surface area (Å²) in [5, 5.41) is 2.71. The molecule has 3 amide bonds. The van der Waals surface area contributed by atoms with Gasteiger partial charge in [-0.05, 0) is 67.4 Å². The molecule has 0 aliphatic carbocycles. The number of hydrogen-bond donors (Lipinski definition) is 1. The van der Waals surface area contributed by atoms with Crippen LogP contribution in [-0.4, -0.2) is 36.9 Å². The summed E-state index contributed by atoms with van der Waals surface area (Å²) in [6.45, 7) is 4.16. The molecule has 178 valence electrons. The van der Waals surface area contributed by atoms with Crippen molar-refractivity contribution in [3.05, 3.63) is 94.5 Å². The Bertz CT molecular complexity index is 1300. The highest BCUT2D eigenvalue weighted by Gasteiger charge is 2.37. The van der Waals surface area contributed by atoms with E-state index in [4.69, 9.17) is 9.47 Å². The van der Waals surface area contributed by atoms with Gasteiger partial charge >= 0.3 is 5.97 Å². The lowest BCUT2D eigenvalue weighted by Gasteiger charge is -2.14. The van der Waals surface area contributed by atoms with Gasteiger partial charge in [-0.25, -0.2) is 9.69 Å². The molecule has 4 rings (SSSR count). The molecule has 0 fully saturated rings. The zero-order valence-electron chi connectivity index (χ0n) is 19.4. The first-order valence-electron chi connectivity index (χ1n) is 11.1. The standard InChI is InChI=1S/C27H24N2O6/c1-3-34-21-11-9-20(10-12-21)29-25(31)22-13-8-18(14-23(22)26(29)32)27(33)35-16-24(30)28-15-19-7-5-4-6-17(19)2/h4-14H,3,15-16H2,1-2H3,(H,28,30).